The summed E-state index contributed by atoms with van der Waals surface area (Å²) in [5.74, 6) is -0.131. The van der Waals surface area contributed by atoms with Crippen LogP contribution in [0.3, 0.4) is 0 Å². The molecule has 154 valence electrons. The normalized spacial score (nSPS) is 19.6. The van der Waals surface area contributed by atoms with Crippen molar-refractivity contribution in [2.24, 2.45) is 0 Å². The molecule has 0 aliphatic carbocycles. The number of amides is 1. The van der Waals surface area contributed by atoms with Crippen molar-refractivity contribution in [1.82, 2.24) is 9.21 Å². The van der Waals surface area contributed by atoms with Crippen molar-refractivity contribution < 1.29 is 13.2 Å². The topological polar surface area (TPSA) is 57.7 Å². The summed E-state index contributed by atoms with van der Waals surface area (Å²) < 4.78 is 27.8. The molecule has 0 aromatic heterocycles. The molecule has 2 aromatic rings. The number of carbonyl (C=O) groups excluding carboxylic acids is 1. The first-order chi connectivity index (χ1) is 13.8. The van der Waals surface area contributed by atoms with Crippen molar-refractivity contribution in [1.29, 1.82) is 0 Å². The summed E-state index contributed by atoms with van der Waals surface area (Å²) >= 11 is 12.4. The van der Waals surface area contributed by atoms with Gasteiger partial charge in [-0.05, 0) is 54.7 Å². The molecule has 2 aliphatic rings. The molecule has 1 atom stereocenters. The molecule has 1 amide bonds. The van der Waals surface area contributed by atoms with E-state index < -0.39 is 10.0 Å². The number of hydrogen-bond donors (Lipinski definition) is 0. The summed E-state index contributed by atoms with van der Waals surface area (Å²) in [5.41, 5.74) is 2.18. The minimum Gasteiger partial charge on any atom is -0.331 e. The maximum atomic E-state index is 13.1. The summed E-state index contributed by atoms with van der Waals surface area (Å²) in [7, 11) is -3.56. The summed E-state index contributed by atoms with van der Waals surface area (Å²) in [4.78, 5) is 15.1. The predicted octanol–water partition coefficient (Wildman–Crippen LogP) is 4.42. The van der Waals surface area contributed by atoms with Crippen LogP contribution in [0.25, 0.3) is 0 Å². The lowest BCUT2D eigenvalue weighted by atomic mass is 10.1. The van der Waals surface area contributed by atoms with Crippen molar-refractivity contribution in [3.63, 3.8) is 0 Å². The Kier molecular flexibility index (Phi) is 5.64. The Morgan fingerprint density at radius 2 is 1.69 bits per heavy atom. The standard InChI is InChI=1S/C21H22Cl2N2O3S/c1-14-15-6-4-9-20(29(27,28)24-10-2-3-11-24)17(15)13-25(14)21(26)12-16-18(22)7-5-8-19(16)23/h4-9,14H,2-3,10-13H2,1H3/t14-/m0/s1. The number of benzene rings is 2. The number of hydrogen-bond acceptors (Lipinski definition) is 3. The van der Waals surface area contributed by atoms with Gasteiger partial charge in [-0.25, -0.2) is 8.42 Å². The van der Waals surface area contributed by atoms with E-state index in [-0.39, 0.29) is 24.9 Å². The van der Waals surface area contributed by atoms with Crippen LogP contribution in [0, 0.1) is 0 Å². The lowest BCUT2D eigenvalue weighted by Gasteiger charge is -2.22. The van der Waals surface area contributed by atoms with Crippen molar-refractivity contribution in [3.05, 3.63) is 63.1 Å². The molecule has 2 heterocycles. The molecular formula is C21H22Cl2N2O3S. The van der Waals surface area contributed by atoms with E-state index in [0.717, 1.165) is 18.4 Å². The highest BCUT2D eigenvalue weighted by Crippen LogP contribution is 2.39. The van der Waals surface area contributed by atoms with E-state index >= 15 is 0 Å². The van der Waals surface area contributed by atoms with Crippen molar-refractivity contribution in [2.45, 2.75) is 43.7 Å². The van der Waals surface area contributed by atoms with Crippen LogP contribution in [-0.2, 0) is 27.8 Å². The minimum absolute atomic E-state index is 0.0744. The van der Waals surface area contributed by atoms with Gasteiger partial charge in [0.25, 0.3) is 0 Å². The molecule has 1 fully saturated rings. The second kappa shape index (κ2) is 7.91. The number of fused-ring (bicyclic) bond motifs is 1. The molecule has 1 saturated heterocycles. The molecule has 0 radical (unpaired) electrons. The molecule has 8 heteroatoms. The fourth-order valence-corrected chi connectivity index (χ4v) is 6.48. The van der Waals surface area contributed by atoms with E-state index in [2.05, 4.69) is 0 Å². The molecule has 4 rings (SSSR count). The average Bonchev–Trinajstić information content (AvgIpc) is 3.34. The van der Waals surface area contributed by atoms with Crippen LogP contribution in [0.5, 0.6) is 0 Å². The van der Waals surface area contributed by atoms with E-state index in [4.69, 9.17) is 23.2 Å². The summed E-state index contributed by atoms with van der Waals surface area (Å²) in [6, 6.07) is 10.3. The zero-order chi connectivity index (χ0) is 20.8. The smallest absolute Gasteiger partial charge is 0.243 e. The van der Waals surface area contributed by atoms with Gasteiger partial charge < -0.3 is 4.90 Å². The molecule has 0 spiro atoms. The van der Waals surface area contributed by atoms with Gasteiger partial charge in [-0.3, -0.25) is 4.79 Å². The van der Waals surface area contributed by atoms with Gasteiger partial charge in [0.2, 0.25) is 15.9 Å². The molecule has 29 heavy (non-hydrogen) atoms. The van der Waals surface area contributed by atoms with Crippen molar-refractivity contribution in [2.75, 3.05) is 13.1 Å². The maximum absolute atomic E-state index is 13.1. The van der Waals surface area contributed by atoms with Crippen LogP contribution in [-0.4, -0.2) is 36.6 Å². The third-order valence-corrected chi connectivity index (χ3v) is 8.50. The lowest BCUT2D eigenvalue weighted by Crippen LogP contribution is -2.30. The lowest BCUT2D eigenvalue weighted by molar-refractivity contribution is -0.132. The monoisotopic (exact) mass is 452 g/mol. The molecule has 0 N–H and O–H groups in total. The molecular weight excluding hydrogens is 431 g/mol. The molecule has 0 bridgehead atoms. The Morgan fingerprint density at radius 3 is 2.34 bits per heavy atom. The fraction of sp³-hybridized carbons (Fsp3) is 0.381. The van der Waals surface area contributed by atoms with Crippen LogP contribution in [0.1, 0.15) is 42.5 Å². The predicted molar refractivity (Wildman–Crippen MR) is 114 cm³/mol. The zero-order valence-corrected chi connectivity index (χ0v) is 18.4. The summed E-state index contributed by atoms with van der Waals surface area (Å²) in [5, 5.41) is 0.903. The van der Waals surface area contributed by atoms with Gasteiger partial charge in [0, 0.05) is 29.7 Å². The first kappa shape index (κ1) is 20.7. The van der Waals surface area contributed by atoms with Gasteiger partial charge in [0.05, 0.1) is 17.4 Å². The average molecular weight is 453 g/mol. The third-order valence-electron chi connectivity index (χ3n) is 5.81. The molecule has 2 aliphatic heterocycles. The van der Waals surface area contributed by atoms with Gasteiger partial charge in [0.1, 0.15) is 0 Å². The Balaban J connectivity index is 1.63. The van der Waals surface area contributed by atoms with Gasteiger partial charge in [-0.15, -0.1) is 0 Å². The number of carbonyl (C=O) groups is 1. The largest absolute Gasteiger partial charge is 0.331 e. The van der Waals surface area contributed by atoms with Gasteiger partial charge in [0.15, 0.2) is 0 Å². The van der Waals surface area contributed by atoms with Crippen molar-refractivity contribution >= 4 is 39.1 Å². The van der Waals surface area contributed by atoms with Crippen molar-refractivity contribution in [3.8, 4) is 0 Å². The molecule has 5 nitrogen and oxygen atoms in total. The highest BCUT2D eigenvalue weighted by atomic mass is 35.5. The summed E-state index contributed by atoms with van der Waals surface area (Å²) in [6.45, 7) is 3.29. The van der Waals surface area contributed by atoms with Crippen LogP contribution >= 0.6 is 23.2 Å². The number of halogens is 2. The Hall–Kier alpha value is -1.60. The fourth-order valence-electron chi connectivity index (χ4n) is 4.19. The van der Waals surface area contributed by atoms with Crippen LogP contribution in [0.15, 0.2) is 41.3 Å². The molecule has 0 saturated carbocycles. The number of sulfonamides is 1. The van der Waals surface area contributed by atoms with Gasteiger partial charge in [-0.1, -0.05) is 41.4 Å². The SMILES string of the molecule is C[C@H]1c2cccc(S(=O)(=O)N3CCCC3)c2CN1C(=O)Cc1c(Cl)cccc1Cl. The van der Waals surface area contributed by atoms with Gasteiger partial charge >= 0.3 is 0 Å². The van der Waals surface area contributed by atoms with E-state index in [1.54, 1.807) is 39.5 Å². The Labute approximate surface area is 181 Å². The highest BCUT2D eigenvalue weighted by molar-refractivity contribution is 7.89. The van der Waals surface area contributed by atoms with E-state index in [1.807, 2.05) is 13.0 Å². The van der Waals surface area contributed by atoms with E-state index in [1.165, 1.54) is 0 Å². The first-order valence-electron chi connectivity index (χ1n) is 9.65. The first-order valence-corrected chi connectivity index (χ1v) is 11.8. The maximum Gasteiger partial charge on any atom is 0.243 e. The minimum atomic E-state index is -3.56. The molecule has 2 aromatic carbocycles. The van der Waals surface area contributed by atoms with Gasteiger partial charge in [-0.2, -0.15) is 4.31 Å². The number of nitrogens with zero attached hydrogens (tertiary/aromatic N) is 2. The second-order valence-corrected chi connectivity index (χ2v) is 10.2. The van der Waals surface area contributed by atoms with Crippen LogP contribution in [0.2, 0.25) is 10.0 Å². The van der Waals surface area contributed by atoms with E-state index in [9.17, 15) is 13.2 Å². The Morgan fingerprint density at radius 1 is 1.07 bits per heavy atom. The molecule has 0 unspecified atom stereocenters. The van der Waals surface area contributed by atoms with Crippen LogP contribution in [0.4, 0.5) is 0 Å². The number of rotatable bonds is 4. The quantitative estimate of drug-likeness (QED) is 0.689. The summed E-state index contributed by atoms with van der Waals surface area (Å²) in [6.07, 6.45) is 1.84. The second-order valence-electron chi connectivity index (χ2n) is 7.51. The third kappa shape index (κ3) is 3.67. The highest BCUT2D eigenvalue weighted by Gasteiger charge is 2.37. The van der Waals surface area contributed by atoms with Crippen LogP contribution < -0.4 is 0 Å². The van der Waals surface area contributed by atoms with E-state index in [0.29, 0.717) is 39.2 Å². The zero-order valence-electron chi connectivity index (χ0n) is 16.1. The Bertz CT molecular complexity index is 1050.